The smallest absolute Gasteiger partial charge is 0.223 e. The van der Waals surface area contributed by atoms with Gasteiger partial charge in [0, 0.05) is 31.0 Å². The number of carbonyl (C=O) groups excluding carboxylic acids is 2. The Hall–Kier alpha value is -1.46. The number of likely N-dealkylation sites (tertiary alicyclic amines) is 1. The van der Waals surface area contributed by atoms with Crippen LogP contribution in [0.4, 0.5) is 4.39 Å². The molecule has 2 saturated heterocycles. The number of hydrogen-bond acceptors (Lipinski definition) is 3. The highest BCUT2D eigenvalue weighted by Crippen LogP contribution is 2.27. The van der Waals surface area contributed by atoms with E-state index in [-0.39, 0.29) is 30.5 Å². The molecule has 3 atom stereocenters. The Labute approximate surface area is 154 Å². The molecule has 138 valence electrons. The molecule has 0 radical (unpaired) electrons. The van der Waals surface area contributed by atoms with Gasteiger partial charge in [0.15, 0.2) is 5.78 Å². The van der Waals surface area contributed by atoms with Crippen LogP contribution in [-0.2, 0) is 4.79 Å². The number of hydrogen-bond donors (Lipinski definition) is 1. The van der Waals surface area contributed by atoms with E-state index in [0.717, 1.165) is 39.0 Å². The summed E-state index contributed by atoms with van der Waals surface area (Å²) < 4.78 is 13.3. The predicted octanol–water partition coefficient (Wildman–Crippen LogP) is 2.91. The summed E-state index contributed by atoms with van der Waals surface area (Å²) in [6.45, 7) is 5.43. The van der Waals surface area contributed by atoms with Crippen molar-refractivity contribution in [3.8, 4) is 0 Å². The van der Waals surface area contributed by atoms with Crippen LogP contribution < -0.4 is 5.32 Å². The van der Waals surface area contributed by atoms with Crippen molar-refractivity contribution in [2.24, 2.45) is 17.8 Å². The molecular weight excluding hydrogens is 343 g/mol. The van der Waals surface area contributed by atoms with Crippen molar-refractivity contribution in [2.45, 2.75) is 26.2 Å². The second-order valence-corrected chi connectivity index (χ2v) is 7.12. The maximum atomic E-state index is 13.3. The van der Waals surface area contributed by atoms with Crippen LogP contribution in [0.5, 0.6) is 0 Å². The molecule has 0 bridgehead atoms. The summed E-state index contributed by atoms with van der Waals surface area (Å²) in [5, 5.41) is 3.43. The molecule has 0 saturated carbocycles. The molecule has 4 nitrogen and oxygen atoms in total. The number of benzene rings is 1. The van der Waals surface area contributed by atoms with Crippen LogP contribution >= 0.6 is 12.4 Å². The second-order valence-electron chi connectivity index (χ2n) is 7.12. The fraction of sp³-hybridized carbons (Fsp3) is 0.579. The van der Waals surface area contributed by atoms with Gasteiger partial charge in [-0.05, 0) is 49.9 Å². The van der Waals surface area contributed by atoms with Gasteiger partial charge in [-0.25, -0.2) is 4.39 Å². The predicted molar refractivity (Wildman–Crippen MR) is 97.4 cm³/mol. The average molecular weight is 369 g/mol. The number of fused-ring (bicyclic) bond motifs is 1. The minimum absolute atomic E-state index is 0. The van der Waals surface area contributed by atoms with Gasteiger partial charge in [0.25, 0.3) is 0 Å². The van der Waals surface area contributed by atoms with Gasteiger partial charge >= 0.3 is 0 Å². The van der Waals surface area contributed by atoms with Gasteiger partial charge in [0.2, 0.25) is 5.91 Å². The van der Waals surface area contributed by atoms with Crippen molar-refractivity contribution in [2.75, 3.05) is 26.2 Å². The molecule has 2 fully saturated rings. The van der Waals surface area contributed by atoms with Crippen LogP contribution in [0, 0.1) is 23.6 Å². The van der Waals surface area contributed by atoms with Gasteiger partial charge in [-0.1, -0.05) is 19.1 Å². The molecule has 1 unspecified atom stereocenters. The zero-order valence-electron chi connectivity index (χ0n) is 14.5. The third kappa shape index (κ3) is 4.79. The molecule has 1 aromatic carbocycles. The SMILES string of the molecule is CC(CC(=O)N1CC[C@@H]2CNC[C@@H]2CC1)C(=O)c1cccc(F)c1.Cl. The molecular formula is C19H26ClFN2O2. The number of carbonyl (C=O) groups is 2. The number of amides is 1. The molecule has 0 aliphatic carbocycles. The highest BCUT2D eigenvalue weighted by atomic mass is 35.5. The van der Waals surface area contributed by atoms with Crippen molar-refractivity contribution in [1.29, 1.82) is 0 Å². The number of ketones is 1. The lowest BCUT2D eigenvalue weighted by atomic mass is 9.92. The van der Waals surface area contributed by atoms with Gasteiger partial charge in [0.05, 0.1) is 0 Å². The first-order valence-corrected chi connectivity index (χ1v) is 8.83. The normalized spacial score (nSPS) is 24.0. The van der Waals surface area contributed by atoms with Crippen molar-refractivity contribution in [3.63, 3.8) is 0 Å². The molecule has 2 aliphatic rings. The molecule has 0 aromatic heterocycles. The Bertz CT molecular complexity index is 611. The molecule has 25 heavy (non-hydrogen) atoms. The third-order valence-corrected chi connectivity index (χ3v) is 5.41. The fourth-order valence-corrected chi connectivity index (χ4v) is 3.88. The van der Waals surface area contributed by atoms with Gasteiger partial charge < -0.3 is 10.2 Å². The summed E-state index contributed by atoms with van der Waals surface area (Å²) in [5.41, 5.74) is 0.340. The fourth-order valence-electron chi connectivity index (χ4n) is 3.88. The van der Waals surface area contributed by atoms with E-state index in [2.05, 4.69) is 5.32 Å². The first-order valence-electron chi connectivity index (χ1n) is 8.83. The van der Waals surface area contributed by atoms with E-state index in [1.165, 1.54) is 18.2 Å². The molecule has 3 rings (SSSR count). The lowest BCUT2D eigenvalue weighted by Crippen LogP contribution is -2.34. The summed E-state index contributed by atoms with van der Waals surface area (Å²) in [6.07, 6.45) is 2.27. The van der Waals surface area contributed by atoms with Crippen LogP contribution in [0.15, 0.2) is 24.3 Å². The maximum Gasteiger partial charge on any atom is 0.223 e. The highest BCUT2D eigenvalue weighted by molar-refractivity contribution is 5.99. The van der Waals surface area contributed by atoms with E-state index >= 15 is 0 Å². The van der Waals surface area contributed by atoms with E-state index in [0.29, 0.717) is 17.4 Å². The van der Waals surface area contributed by atoms with E-state index in [9.17, 15) is 14.0 Å². The lowest BCUT2D eigenvalue weighted by molar-refractivity contribution is -0.131. The summed E-state index contributed by atoms with van der Waals surface area (Å²) in [5.74, 6) is 0.373. The minimum Gasteiger partial charge on any atom is -0.343 e. The lowest BCUT2D eigenvalue weighted by Gasteiger charge is -2.22. The molecule has 1 amide bonds. The van der Waals surface area contributed by atoms with Crippen LogP contribution in [0.1, 0.15) is 36.5 Å². The van der Waals surface area contributed by atoms with Gasteiger partial charge in [0.1, 0.15) is 5.82 Å². The van der Waals surface area contributed by atoms with Gasteiger partial charge in [-0.15, -0.1) is 12.4 Å². The molecule has 2 aliphatic heterocycles. The summed E-state index contributed by atoms with van der Waals surface area (Å²) in [7, 11) is 0. The van der Waals surface area contributed by atoms with Crippen molar-refractivity contribution in [3.05, 3.63) is 35.6 Å². The first-order chi connectivity index (χ1) is 11.5. The van der Waals surface area contributed by atoms with Crippen LogP contribution in [-0.4, -0.2) is 42.8 Å². The van der Waals surface area contributed by atoms with Crippen molar-refractivity contribution < 1.29 is 14.0 Å². The van der Waals surface area contributed by atoms with E-state index in [1.54, 1.807) is 13.0 Å². The Balaban J connectivity index is 0.00000225. The summed E-state index contributed by atoms with van der Waals surface area (Å²) >= 11 is 0. The minimum atomic E-state index is -0.427. The zero-order valence-corrected chi connectivity index (χ0v) is 15.4. The Kier molecular flexibility index (Phi) is 6.96. The number of rotatable bonds is 4. The first kappa shape index (κ1) is 19.9. The van der Waals surface area contributed by atoms with Gasteiger partial charge in [-0.3, -0.25) is 9.59 Å². The number of nitrogens with one attached hydrogen (secondary N) is 1. The Morgan fingerprint density at radius 1 is 1.24 bits per heavy atom. The third-order valence-electron chi connectivity index (χ3n) is 5.41. The monoisotopic (exact) mass is 368 g/mol. The Morgan fingerprint density at radius 2 is 1.88 bits per heavy atom. The number of Topliss-reactive ketones (excluding diaryl/α,β-unsaturated/α-hetero) is 1. The summed E-state index contributed by atoms with van der Waals surface area (Å²) in [4.78, 5) is 26.9. The Morgan fingerprint density at radius 3 is 2.48 bits per heavy atom. The van der Waals surface area contributed by atoms with E-state index in [4.69, 9.17) is 0 Å². The van der Waals surface area contributed by atoms with Gasteiger partial charge in [-0.2, -0.15) is 0 Å². The van der Waals surface area contributed by atoms with Crippen molar-refractivity contribution >= 4 is 24.1 Å². The van der Waals surface area contributed by atoms with Crippen LogP contribution in [0.2, 0.25) is 0 Å². The van der Waals surface area contributed by atoms with E-state index < -0.39 is 11.7 Å². The second kappa shape index (κ2) is 8.77. The van der Waals surface area contributed by atoms with E-state index in [1.807, 2.05) is 4.90 Å². The maximum absolute atomic E-state index is 13.3. The molecule has 0 spiro atoms. The standard InChI is InChI=1S/C19H25FN2O2.ClH/c1-13(19(24)14-3-2-4-17(20)10-14)9-18(23)22-7-5-15-11-21-12-16(15)6-8-22;/h2-4,10,13,15-16,21H,5-9,11-12H2,1H3;1H/t13?,15-,16+;. The molecule has 2 heterocycles. The quantitative estimate of drug-likeness (QED) is 0.831. The summed E-state index contributed by atoms with van der Waals surface area (Å²) in [6, 6.07) is 5.68. The molecule has 1 aromatic rings. The number of halogens is 2. The van der Waals surface area contributed by atoms with Crippen LogP contribution in [0.3, 0.4) is 0 Å². The zero-order chi connectivity index (χ0) is 17.1. The number of nitrogens with zero attached hydrogens (tertiary/aromatic N) is 1. The highest BCUT2D eigenvalue weighted by Gasteiger charge is 2.32. The topological polar surface area (TPSA) is 49.4 Å². The molecule has 6 heteroatoms. The largest absolute Gasteiger partial charge is 0.343 e. The van der Waals surface area contributed by atoms with Crippen molar-refractivity contribution in [1.82, 2.24) is 10.2 Å². The molecule has 1 N–H and O–H groups in total. The average Bonchev–Trinajstić information content (AvgIpc) is 2.92. The van der Waals surface area contributed by atoms with Crippen LogP contribution in [0.25, 0.3) is 0 Å².